The number of hydrogen-bond acceptors (Lipinski definition) is 4. The highest BCUT2D eigenvalue weighted by Gasteiger charge is 2.82. The SMILES string of the molecule is CC(F)(C(F)(F)F)C(F)(F)C(F)(F)S(=O)(=O)Oc1cccc2oc3cccc(Cl)c3c12. The van der Waals surface area contributed by atoms with Crippen LogP contribution in [0, 0.1) is 0 Å². The second-order valence-electron chi connectivity index (χ2n) is 6.47. The Morgan fingerprint density at radius 2 is 1.39 bits per heavy atom. The summed E-state index contributed by atoms with van der Waals surface area (Å²) in [5.74, 6) is -7.74. The van der Waals surface area contributed by atoms with E-state index in [-0.39, 0.29) is 27.0 Å². The molecule has 1 atom stereocenters. The van der Waals surface area contributed by atoms with Crippen molar-refractivity contribution < 1.29 is 52.1 Å². The molecule has 0 spiro atoms. The van der Waals surface area contributed by atoms with Gasteiger partial charge in [-0.15, -0.1) is 0 Å². The van der Waals surface area contributed by atoms with E-state index < -0.39 is 45.8 Å². The lowest BCUT2D eigenvalue weighted by molar-refractivity contribution is -0.330. The van der Waals surface area contributed by atoms with Crippen molar-refractivity contribution in [2.24, 2.45) is 0 Å². The summed E-state index contributed by atoms with van der Waals surface area (Å²) >= 11 is 5.99. The van der Waals surface area contributed by atoms with Crippen molar-refractivity contribution in [2.75, 3.05) is 0 Å². The van der Waals surface area contributed by atoms with E-state index >= 15 is 0 Å². The molecule has 170 valence electrons. The van der Waals surface area contributed by atoms with Gasteiger partial charge >= 0.3 is 27.5 Å². The number of benzene rings is 2. The molecular weight excluding hydrogens is 488 g/mol. The highest BCUT2D eigenvalue weighted by Crippen LogP contribution is 2.54. The lowest BCUT2D eigenvalue weighted by Crippen LogP contribution is -2.64. The summed E-state index contributed by atoms with van der Waals surface area (Å²) in [5, 5.41) is -7.05. The molecule has 3 aromatic rings. The van der Waals surface area contributed by atoms with Crippen LogP contribution in [0.1, 0.15) is 6.92 Å². The second-order valence-corrected chi connectivity index (χ2v) is 8.47. The second kappa shape index (κ2) is 6.86. The molecule has 3 rings (SSSR count). The van der Waals surface area contributed by atoms with Gasteiger partial charge in [0.2, 0.25) is 0 Å². The zero-order chi connectivity index (χ0) is 23.6. The maximum absolute atomic E-state index is 14.2. The maximum atomic E-state index is 14.2. The van der Waals surface area contributed by atoms with Gasteiger partial charge in [0.15, 0.2) is 5.75 Å². The van der Waals surface area contributed by atoms with Crippen LogP contribution < -0.4 is 4.18 Å². The molecule has 0 aliphatic carbocycles. The lowest BCUT2D eigenvalue weighted by atomic mass is 9.99. The molecule has 0 saturated heterocycles. The van der Waals surface area contributed by atoms with Gasteiger partial charge in [-0.3, -0.25) is 0 Å². The summed E-state index contributed by atoms with van der Waals surface area (Å²) in [6.45, 7) is -0.902. The Bertz CT molecular complexity index is 1260. The summed E-state index contributed by atoms with van der Waals surface area (Å²) in [5.41, 5.74) is -6.02. The molecule has 1 heterocycles. The largest absolute Gasteiger partial charge is 0.456 e. The molecule has 4 nitrogen and oxygen atoms in total. The Kier molecular flexibility index (Phi) is 5.17. The van der Waals surface area contributed by atoms with Crippen LogP contribution in [0.15, 0.2) is 40.8 Å². The van der Waals surface area contributed by atoms with E-state index in [2.05, 4.69) is 4.18 Å². The highest BCUT2D eigenvalue weighted by atomic mass is 35.5. The van der Waals surface area contributed by atoms with Gasteiger partial charge in [-0.25, -0.2) is 4.39 Å². The first kappa shape index (κ1) is 23.4. The number of alkyl halides is 8. The van der Waals surface area contributed by atoms with Crippen LogP contribution in [-0.4, -0.2) is 31.4 Å². The van der Waals surface area contributed by atoms with Crippen LogP contribution in [0.25, 0.3) is 21.9 Å². The van der Waals surface area contributed by atoms with E-state index in [1.165, 1.54) is 24.3 Å². The van der Waals surface area contributed by atoms with Crippen molar-refractivity contribution in [3.63, 3.8) is 0 Å². The molecule has 2 aromatic carbocycles. The van der Waals surface area contributed by atoms with E-state index in [0.717, 1.165) is 12.1 Å². The Morgan fingerprint density at radius 1 is 0.871 bits per heavy atom. The first-order valence-electron chi connectivity index (χ1n) is 8.01. The van der Waals surface area contributed by atoms with Gasteiger partial charge in [0, 0.05) is 0 Å². The van der Waals surface area contributed by atoms with E-state index in [4.69, 9.17) is 16.0 Å². The Morgan fingerprint density at radius 3 is 1.94 bits per heavy atom. The normalized spacial score (nSPS) is 15.9. The van der Waals surface area contributed by atoms with Crippen LogP contribution in [0.3, 0.4) is 0 Å². The van der Waals surface area contributed by atoms with Crippen LogP contribution in [-0.2, 0) is 10.1 Å². The highest BCUT2D eigenvalue weighted by molar-refractivity contribution is 7.88. The Labute approximate surface area is 173 Å². The van der Waals surface area contributed by atoms with Gasteiger partial charge in [0.25, 0.3) is 5.67 Å². The minimum Gasteiger partial charge on any atom is -0.456 e. The third kappa shape index (κ3) is 3.28. The number of hydrogen-bond donors (Lipinski definition) is 0. The van der Waals surface area contributed by atoms with Crippen LogP contribution in [0.2, 0.25) is 5.02 Å². The molecule has 31 heavy (non-hydrogen) atoms. The smallest absolute Gasteiger partial charge is 0.446 e. The van der Waals surface area contributed by atoms with Crippen LogP contribution >= 0.6 is 11.6 Å². The topological polar surface area (TPSA) is 56.5 Å². The number of furan rings is 1. The fourth-order valence-electron chi connectivity index (χ4n) is 2.64. The van der Waals surface area contributed by atoms with Crippen molar-refractivity contribution in [3.05, 3.63) is 41.4 Å². The van der Waals surface area contributed by atoms with Crippen molar-refractivity contribution in [2.45, 2.75) is 29.9 Å². The van der Waals surface area contributed by atoms with Gasteiger partial charge in [-0.1, -0.05) is 23.7 Å². The zero-order valence-electron chi connectivity index (χ0n) is 14.9. The number of fused-ring (bicyclic) bond motifs is 3. The predicted octanol–water partition coefficient (Wildman–Crippen LogP) is 6.47. The molecule has 0 aliphatic heterocycles. The van der Waals surface area contributed by atoms with E-state index in [1.807, 2.05) is 0 Å². The standard InChI is InChI=1S/C17H9ClF8O4S/c1-14(19,16(22,23)24)15(20,21)17(25,26)31(27,28)30-11-7-3-6-10-13(11)12-8(18)4-2-5-9(12)29-10/h2-7H,1H3. The van der Waals surface area contributed by atoms with Gasteiger partial charge in [0.05, 0.1) is 15.8 Å². The van der Waals surface area contributed by atoms with Gasteiger partial charge in [-0.2, -0.15) is 39.2 Å². The minimum absolute atomic E-state index is 0.0364. The molecule has 1 unspecified atom stereocenters. The monoisotopic (exact) mass is 496 g/mol. The molecular formula is C17H9ClF8O4S. The maximum Gasteiger partial charge on any atom is 0.446 e. The lowest BCUT2D eigenvalue weighted by Gasteiger charge is -2.35. The molecule has 0 amide bonds. The Balaban J connectivity index is 2.16. The fraction of sp³-hybridized carbons (Fsp3) is 0.294. The molecule has 1 aromatic heterocycles. The molecule has 14 heteroatoms. The average Bonchev–Trinajstić information content (AvgIpc) is 3.00. The Hall–Kier alpha value is -2.28. The molecule has 0 fully saturated rings. The van der Waals surface area contributed by atoms with Crippen molar-refractivity contribution >= 4 is 43.7 Å². The molecule has 0 radical (unpaired) electrons. The molecule has 0 saturated carbocycles. The first-order chi connectivity index (χ1) is 14.0. The predicted molar refractivity (Wildman–Crippen MR) is 93.7 cm³/mol. The summed E-state index contributed by atoms with van der Waals surface area (Å²) in [7, 11) is -6.87. The quantitative estimate of drug-likeness (QED) is 0.300. The first-order valence-corrected chi connectivity index (χ1v) is 9.79. The zero-order valence-corrected chi connectivity index (χ0v) is 16.5. The number of rotatable bonds is 5. The number of halogens is 9. The summed E-state index contributed by atoms with van der Waals surface area (Å²) in [6.07, 6.45) is -6.52. The molecule has 0 N–H and O–H groups in total. The van der Waals surface area contributed by atoms with Crippen molar-refractivity contribution in [1.82, 2.24) is 0 Å². The van der Waals surface area contributed by atoms with E-state index in [9.17, 15) is 43.5 Å². The summed E-state index contributed by atoms with van der Waals surface area (Å²) < 4.78 is 141. The summed E-state index contributed by atoms with van der Waals surface area (Å²) in [6, 6.07) is 7.13. The van der Waals surface area contributed by atoms with Crippen molar-refractivity contribution in [1.29, 1.82) is 0 Å². The van der Waals surface area contributed by atoms with Crippen LogP contribution in [0.4, 0.5) is 35.1 Å². The average molecular weight is 497 g/mol. The minimum atomic E-state index is -6.87. The van der Waals surface area contributed by atoms with Gasteiger partial charge in [-0.05, 0) is 31.2 Å². The third-order valence-corrected chi connectivity index (χ3v) is 6.03. The fourth-order valence-corrected chi connectivity index (χ4v) is 3.89. The van der Waals surface area contributed by atoms with E-state index in [1.54, 1.807) is 0 Å². The van der Waals surface area contributed by atoms with Gasteiger partial charge in [0.1, 0.15) is 11.2 Å². The van der Waals surface area contributed by atoms with Crippen molar-refractivity contribution in [3.8, 4) is 5.75 Å². The van der Waals surface area contributed by atoms with Crippen LogP contribution in [0.5, 0.6) is 5.75 Å². The third-order valence-electron chi connectivity index (χ3n) is 4.43. The van der Waals surface area contributed by atoms with Gasteiger partial charge < -0.3 is 8.60 Å². The summed E-state index contributed by atoms with van der Waals surface area (Å²) in [4.78, 5) is 0. The van der Waals surface area contributed by atoms with E-state index in [0.29, 0.717) is 0 Å². The molecule has 0 aliphatic rings. The molecule has 0 bridgehead atoms.